The zero-order valence-electron chi connectivity index (χ0n) is 19.9. The van der Waals surface area contributed by atoms with E-state index in [9.17, 15) is 4.79 Å². The monoisotopic (exact) mass is 467 g/mol. The van der Waals surface area contributed by atoms with Crippen LogP contribution in [0, 0.1) is 6.92 Å². The molecule has 7 heteroatoms. The normalized spacial score (nSPS) is 11.9. The van der Waals surface area contributed by atoms with Crippen molar-refractivity contribution in [2.75, 3.05) is 25.0 Å². The molecule has 176 valence electrons. The third-order valence-corrected chi connectivity index (χ3v) is 5.84. The standard InChI is InChI=1S/C26H34ClN5O/c1-5-6-9-28-10-11-29-24-8-7-18(2)25(15-24)26(33)31-19(3)20-12-21(14-23(27)13-20)22-16-30-32(4)17-22/h7-8,12-17,19,28-29H,5-6,9-11H2,1-4H3,(H,31,33). The molecule has 0 aliphatic carbocycles. The Morgan fingerprint density at radius 3 is 2.67 bits per heavy atom. The van der Waals surface area contributed by atoms with E-state index < -0.39 is 0 Å². The van der Waals surface area contributed by atoms with E-state index in [0.29, 0.717) is 10.6 Å². The molecule has 1 amide bonds. The lowest BCUT2D eigenvalue weighted by atomic mass is 10.0. The Bertz CT molecular complexity index is 1080. The minimum atomic E-state index is -0.203. The van der Waals surface area contributed by atoms with Crippen LogP contribution in [0.4, 0.5) is 5.69 Å². The van der Waals surface area contributed by atoms with Crippen LogP contribution in [0.2, 0.25) is 5.02 Å². The second-order valence-corrected chi connectivity index (χ2v) is 8.87. The maximum absolute atomic E-state index is 13.1. The number of aromatic nitrogens is 2. The van der Waals surface area contributed by atoms with Crippen LogP contribution in [0.1, 0.15) is 54.2 Å². The van der Waals surface area contributed by atoms with E-state index in [1.807, 2.05) is 63.5 Å². The zero-order valence-corrected chi connectivity index (χ0v) is 20.7. The number of rotatable bonds is 11. The SMILES string of the molecule is CCCCNCCNc1ccc(C)c(C(=O)NC(C)c2cc(Cl)cc(-c3cnn(C)c3)c2)c1. The first-order valence-electron chi connectivity index (χ1n) is 11.5. The molecule has 0 aliphatic rings. The van der Waals surface area contributed by atoms with Crippen LogP contribution in [0.3, 0.4) is 0 Å². The number of hydrogen-bond donors (Lipinski definition) is 3. The molecule has 33 heavy (non-hydrogen) atoms. The number of carbonyl (C=O) groups is 1. The van der Waals surface area contributed by atoms with Gasteiger partial charge in [0, 0.05) is 48.2 Å². The lowest BCUT2D eigenvalue weighted by Gasteiger charge is -2.17. The van der Waals surface area contributed by atoms with Crippen molar-refractivity contribution in [1.82, 2.24) is 20.4 Å². The summed E-state index contributed by atoms with van der Waals surface area (Å²) < 4.78 is 1.76. The Balaban J connectivity index is 1.66. The average molecular weight is 468 g/mol. The van der Waals surface area contributed by atoms with Gasteiger partial charge in [0.25, 0.3) is 5.91 Å². The van der Waals surface area contributed by atoms with Crippen molar-refractivity contribution in [3.63, 3.8) is 0 Å². The first-order valence-corrected chi connectivity index (χ1v) is 11.9. The Kier molecular flexibility index (Phi) is 8.92. The van der Waals surface area contributed by atoms with E-state index in [2.05, 4.69) is 28.0 Å². The van der Waals surface area contributed by atoms with E-state index >= 15 is 0 Å². The molecule has 0 radical (unpaired) electrons. The number of carbonyl (C=O) groups excluding carboxylic acids is 1. The Labute approximate surface area is 201 Å². The highest BCUT2D eigenvalue weighted by Crippen LogP contribution is 2.28. The molecule has 1 atom stereocenters. The summed E-state index contributed by atoms with van der Waals surface area (Å²) in [4.78, 5) is 13.1. The molecule has 0 spiro atoms. The molecule has 2 aromatic carbocycles. The highest BCUT2D eigenvalue weighted by Gasteiger charge is 2.16. The molecule has 0 aliphatic heterocycles. The zero-order chi connectivity index (χ0) is 23.8. The molecule has 6 nitrogen and oxygen atoms in total. The molecule has 1 unspecified atom stereocenters. The number of nitrogens with zero attached hydrogens (tertiary/aromatic N) is 2. The average Bonchev–Trinajstić information content (AvgIpc) is 3.23. The minimum Gasteiger partial charge on any atom is -0.384 e. The van der Waals surface area contributed by atoms with Gasteiger partial charge in [-0.2, -0.15) is 5.10 Å². The van der Waals surface area contributed by atoms with Gasteiger partial charge in [-0.25, -0.2) is 0 Å². The molecule has 0 bridgehead atoms. The summed E-state index contributed by atoms with van der Waals surface area (Å²) in [5.41, 5.74) is 5.45. The minimum absolute atomic E-state index is 0.104. The fourth-order valence-corrected chi connectivity index (χ4v) is 3.90. The number of aryl methyl sites for hydroxylation is 2. The van der Waals surface area contributed by atoms with Crippen molar-refractivity contribution in [2.24, 2.45) is 7.05 Å². The number of nitrogens with one attached hydrogen (secondary N) is 3. The van der Waals surface area contributed by atoms with Crippen molar-refractivity contribution >= 4 is 23.2 Å². The van der Waals surface area contributed by atoms with Crippen molar-refractivity contribution in [2.45, 2.75) is 39.7 Å². The van der Waals surface area contributed by atoms with Crippen LogP contribution >= 0.6 is 11.6 Å². The van der Waals surface area contributed by atoms with Gasteiger partial charge in [-0.1, -0.05) is 31.0 Å². The number of hydrogen-bond acceptors (Lipinski definition) is 4. The second-order valence-electron chi connectivity index (χ2n) is 8.43. The van der Waals surface area contributed by atoms with E-state index in [1.54, 1.807) is 10.9 Å². The van der Waals surface area contributed by atoms with Crippen molar-refractivity contribution < 1.29 is 4.79 Å². The number of unbranched alkanes of at least 4 members (excludes halogenated alkanes) is 1. The molecule has 0 saturated heterocycles. The van der Waals surface area contributed by atoms with E-state index in [1.165, 1.54) is 12.8 Å². The lowest BCUT2D eigenvalue weighted by Crippen LogP contribution is -2.27. The van der Waals surface area contributed by atoms with Crippen molar-refractivity contribution in [3.8, 4) is 11.1 Å². The van der Waals surface area contributed by atoms with Crippen LogP contribution in [-0.2, 0) is 7.05 Å². The van der Waals surface area contributed by atoms with E-state index in [0.717, 1.165) is 47.6 Å². The third kappa shape index (κ3) is 7.07. The van der Waals surface area contributed by atoms with Gasteiger partial charge in [0.1, 0.15) is 0 Å². The van der Waals surface area contributed by atoms with Crippen molar-refractivity contribution in [1.29, 1.82) is 0 Å². The molecule has 0 fully saturated rings. The Morgan fingerprint density at radius 1 is 1.12 bits per heavy atom. The predicted octanol–water partition coefficient (Wildman–Crippen LogP) is 5.34. The van der Waals surface area contributed by atoms with Crippen LogP contribution in [0.15, 0.2) is 48.8 Å². The summed E-state index contributed by atoms with van der Waals surface area (Å²) in [5, 5.41) is 14.8. The molecule has 3 aromatic rings. The van der Waals surface area contributed by atoms with Gasteiger partial charge >= 0.3 is 0 Å². The molecular weight excluding hydrogens is 434 g/mol. The van der Waals surface area contributed by atoms with Gasteiger partial charge < -0.3 is 16.0 Å². The first kappa shape index (κ1) is 24.8. The highest BCUT2D eigenvalue weighted by atomic mass is 35.5. The molecule has 3 rings (SSSR count). The number of anilines is 1. The van der Waals surface area contributed by atoms with Crippen LogP contribution in [-0.4, -0.2) is 35.3 Å². The summed E-state index contributed by atoms with van der Waals surface area (Å²) in [6.45, 7) is 8.84. The van der Waals surface area contributed by atoms with Crippen molar-refractivity contribution in [3.05, 3.63) is 70.5 Å². The number of halogens is 1. The van der Waals surface area contributed by atoms with Gasteiger partial charge in [-0.15, -0.1) is 0 Å². The fraction of sp³-hybridized carbons (Fsp3) is 0.385. The van der Waals surface area contributed by atoms with E-state index in [4.69, 9.17) is 11.6 Å². The largest absolute Gasteiger partial charge is 0.384 e. The van der Waals surface area contributed by atoms with Gasteiger partial charge in [0.2, 0.25) is 0 Å². The number of benzene rings is 2. The summed E-state index contributed by atoms with van der Waals surface area (Å²) in [6.07, 6.45) is 6.12. The van der Waals surface area contributed by atoms with Crippen LogP contribution in [0.25, 0.3) is 11.1 Å². The number of amides is 1. The predicted molar refractivity (Wildman–Crippen MR) is 137 cm³/mol. The maximum atomic E-state index is 13.1. The fourth-order valence-electron chi connectivity index (χ4n) is 3.66. The van der Waals surface area contributed by atoms with E-state index in [-0.39, 0.29) is 11.9 Å². The Morgan fingerprint density at radius 2 is 1.94 bits per heavy atom. The Hall–Kier alpha value is -2.83. The topological polar surface area (TPSA) is 71.0 Å². The van der Waals surface area contributed by atoms with Crippen LogP contribution in [0.5, 0.6) is 0 Å². The molecule has 1 aromatic heterocycles. The molecular formula is C26H34ClN5O. The quantitative estimate of drug-likeness (QED) is 0.333. The highest BCUT2D eigenvalue weighted by molar-refractivity contribution is 6.31. The first-order chi connectivity index (χ1) is 15.9. The van der Waals surface area contributed by atoms with Crippen LogP contribution < -0.4 is 16.0 Å². The van der Waals surface area contributed by atoms with Gasteiger partial charge in [0.15, 0.2) is 0 Å². The second kappa shape index (κ2) is 11.9. The summed E-state index contributed by atoms with van der Waals surface area (Å²) in [5.74, 6) is -0.104. The molecule has 3 N–H and O–H groups in total. The van der Waals surface area contributed by atoms with Gasteiger partial charge in [-0.3, -0.25) is 9.48 Å². The summed E-state index contributed by atoms with van der Waals surface area (Å²) in [7, 11) is 1.88. The van der Waals surface area contributed by atoms with Gasteiger partial charge in [0.05, 0.1) is 12.2 Å². The third-order valence-electron chi connectivity index (χ3n) is 5.63. The molecule has 1 heterocycles. The van der Waals surface area contributed by atoms with Gasteiger partial charge in [-0.05, 0) is 73.8 Å². The summed E-state index contributed by atoms with van der Waals surface area (Å²) >= 11 is 6.39. The lowest BCUT2D eigenvalue weighted by molar-refractivity contribution is 0.0939. The molecule has 0 saturated carbocycles. The summed E-state index contributed by atoms with van der Waals surface area (Å²) in [6, 6.07) is 11.6. The smallest absolute Gasteiger partial charge is 0.252 e. The maximum Gasteiger partial charge on any atom is 0.252 e.